The van der Waals surface area contributed by atoms with E-state index in [1.807, 2.05) is 19.0 Å². The number of urea groups is 1. The third kappa shape index (κ3) is 3.22. The highest BCUT2D eigenvalue weighted by atomic mass is 16.2. The molecule has 20 heavy (non-hydrogen) atoms. The van der Waals surface area contributed by atoms with Gasteiger partial charge in [0.1, 0.15) is 11.9 Å². The van der Waals surface area contributed by atoms with E-state index in [1.165, 1.54) is 6.20 Å². The maximum absolute atomic E-state index is 11.8. The summed E-state index contributed by atoms with van der Waals surface area (Å²) in [6.07, 6.45) is 1.41. The summed E-state index contributed by atoms with van der Waals surface area (Å²) in [6, 6.07) is 2.08. The molecule has 3 N–H and O–H groups in total. The second-order valence-corrected chi connectivity index (χ2v) is 4.57. The zero-order chi connectivity index (χ0) is 14.7. The van der Waals surface area contributed by atoms with Crippen LogP contribution in [-0.4, -0.2) is 43.0 Å². The monoisotopic (exact) mass is 277 g/mol. The summed E-state index contributed by atoms with van der Waals surface area (Å²) in [5.41, 5.74) is 0.533. The van der Waals surface area contributed by atoms with Gasteiger partial charge in [-0.3, -0.25) is 14.9 Å². The van der Waals surface area contributed by atoms with E-state index in [1.54, 1.807) is 12.1 Å². The van der Waals surface area contributed by atoms with Gasteiger partial charge in [-0.25, -0.2) is 9.78 Å². The van der Waals surface area contributed by atoms with Crippen LogP contribution in [0.4, 0.5) is 16.3 Å². The minimum absolute atomic E-state index is 0.118. The average molecular weight is 277 g/mol. The van der Waals surface area contributed by atoms with Gasteiger partial charge in [-0.15, -0.1) is 0 Å². The molecule has 4 amide bonds. The maximum Gasteiger partial charge on any atom is 0.322 e. The zero-order valence-corrected chi connectivity index (χ0v) is 11.1. The van der Waals surface area contributed by atoms with Gasteiger partial charge in [0.05, 0.1) is 18.3 Å². The van der Waals surface area contributed by atoms with Gasteiger partial charge in [0.15, 0.2) is 0 Å². The molecule has 0 aliphatic carbocycles. The molecule has 8 nitrogen and oxygen atoms in total. The third-order valence-electron chi connectivity index (χ3n) is 2.74. The first-order valence-corrected chi connectivity index (χ1v) is 6.00. The van der Waals surface area contributed by atoms with Crippen LogP contribution >= 0.6 is 0 Å². The normalized spacial score (nSPS) is 17.4. The molecule has 1 aliphatic heterocycles. The molecule has 2 rings (SSSR count). The maximum atomic E-state index is 11.8. The Morgan fingerprint density at radius 1 is 1.40 bits per heavy atom. The van der Waals surface area contributed by atoms with E-state index >= 15 is 0 Å². The first kappa shape index (κ1) is 13.8. The molecule has 0 aromatic carbocycles. The summed E-state index contributed by atoms with van der Waals surface area (Å²) >= 11 is 0. The molecule has 1 aliphatic rings. The Kier molecular flexibility index (Phi) is 3.83. The molecule has 2 heterocycles. The molecule has 8 heteroatoms. The van der Waals surface area contributed by atoms with Crippen molar-refractivity contribution in [2.75, 3.05) is 24.3 Å². The fraction of sp³-hybridized carbons (Fsp3) is 0.333. The van der Waals surface area contributed by atoms with Crippen molar-refractivity contribution in [3.63, 3.8) is 0 Å². The lowest BCUT2D eigenvalue weighted by atomic mass is 10.2. The van der Waals surface area contributed by atoms with Crippen LogP contribution in [0.15, 0.2) is 18.3 Å². The molecular formula is C12H15N5O3. The van der Waals surface area contributed by atoms with Gasteiger partial charge in [-0.1, -0.05) is 0 Å². The first-order valence-electron chi connectivity index (χ1n) is 6.00. The molecule has 1 atom stereocenters. The Labute approximate surface area is 115 Å². The topological polar surface area (TPSA) is 103 Å². The minimum Gasteiger partial charge on any atom is -0.363 e. The van der Waals surface area contributed by atoms with Gasteiger partial charge >= 0.3 is 6.03 Å². The van der Waals surface area contributed by atoms with Crippen LogP contribution < -0.4 is 20.9 Å². The lowest BCUT2D eigenvalue weighted by Gasteiger charge is -2.12. The van der Waals surface area contributed by atoms with Crippen molar-refractivity contribution in [3.05, 3.63) is 18.3 Å². The number of nitrogens with zero attached hydrogens (tertiary/aromatic N) is 2. The van der Waals surface area contributed by atoms with Gasteiger partial charge in [-0.05, 0) is 12.1 Å². The molecule has 0 bridgehead atoms. The Hall–Kier alpha value is -2.64. The molecule has 1 aromatic heterocycles. The summed E-state index contributed by atoms with van der Waals surface area (Å²) < 4.78 is 0. The van der Waals surface area contributed by atoms with Crippen LogP contribution in [0.3, 0.4) is 0 Å². The van der Waals surface area contributed by atoms with Gasteiger partial charge in [-0.2, -0.15) is 0 Å². The fourth-order valence-electron chi connectivity index (χ4n) is 1.72. The van der Waals surface area contributed by atoms with Crippen LogP contribution in [0.25, 0.3) is 0 Å². The van der Waals surface area contributed by atoms with Crippen molar-refractivity contribution in [3.8, 4) is 0 Å². The quantitative estimate of drug-likeness (QED) is 0.655. The Morgan fingerprint density at radius 2 is 2.15 bits per heavy atom. The molecular weight excluding hydrogens is 262 g/mol. The summed E-state index contributed by atoms with van der Waals surface area (Å²) in [4.78, 5) is 40.0. The summed E-state index contributed by atoms with van der Waals surface area (Å²) in [6.45, 7) is 0. The van der Waals surface area contributed by atoms with Crippen molar-refractivity contribution < 1.29 is 14.4 Å². The van der Waals surface area contributed by atoms with Crippen molar-refractivity contribution in [1.29, 1.82) is 0 Å². The third-order valence-corrected chi connectivity index (χ3v) is 2.74. The molecule has 0 radical (unpaired) electrons. The lowest BCUT2D eigenvalue weighted by molar-refractivity contribution is -0.124. The van der Waals surface area contributed by atoms with E-state index < -0.39 is 18.0 Å². The Bertz CT molecular complexity index is 541. The van der Waals surface area contributed by atoms with E-state index in [-0.39, 0.29) is 12.3 Å². The number of carbonyl (C=O) groups is 3. The summed E-state index contributed by atoms with van der Waals surface area (Å²) in [7, 11) is 3.73. The highest BCUT2D eigenvalue weighted by molar-refractivity contribution is 6.06. The first-order chi connectivity index (χ1) is 9.45. The largest absolute Gasteiger partial charge is 0.363 e. The number of rotatable bonds is 4. The standard InChI is InChI=1S/C12H15N5O3/c1-17(2)9-4-3-7(6-13-9)14-10(18)5-8-11(19)16-12(20)15-8/h3-4,6,8H,5H2,1-2H3,(H,14,18)(H2,15,16,19,20). The van der Waals surface area contributed by atoms with E-state index in [0.29, 0.717) is 5.69 Å². The highest BCUT2D eigenvalue weighted by Crippen LogP contribution is 2.12. The fourth-order valence-corrected chi connectivity index (χ4v) is 1.72. The molecule has 0 spiro atoms. The van der Waals surface area contributed by atoms with Gasteiger partial charge in [0, 0.05) is 14.1 Å². The molecule has 1 unspecified atom stereocenters. The SMILES string of the molecule is CN(C)c1ccc(NC(=O)CC2NC(=O)NC2=O)cn1. The minimum atomic E-state index is -0.823. The van der Waals surface area contributed by atoms with Gasteiger partial charge in [0.25, 0.3) is 5.91 Å². The van der Waals surface area contributed by atoms with Crippen LogP contribution in [0.2, 0.25) is 0 Å². The van der Waals surface area contributed by atoms with Crippen LogP contribution in [0, 0.1) is 0 Å². The van der Waals surface area contributed by atoms with Crippen LogP contribution in [0.5, 0.6) is 0 Å². The van der Waals surface area contributed by atoms with E-state index in [2.05, 4.69) is 20.9 Å². The predicted molar refractivity (Wildman–Crippen MR) is 72.3 cm³/mol. The molecule has 1 aromatic rings. The van der Waals surface area contributed by atoms with Crippen LogP contribution in [-0.2, 0) is 9.59 Å². The number of amides is 4. The van der Waals surface area contributed by atoms with Gasteiger partial charge in [0.2, 0.25) is 5.91 Å². The molecule has 1 fully saturated rings. The summed E-state index contributed by atoms with van der Waals surface area (Å²) in [5.74, 6) is -0.0941. The number of imide groups is 1. The van der Waals surface area contributed by atoms with E-state index in [0.717, 1.165) is 5.82 Å². The van der Waals surface area contributed by atoms with Crippen molar-refractivity contribution in [1.82, 2.24) is 15.6 Å². The number of pyridine rings is 1. The van der Waals surface area contributed by atoms with Crippen LogP contribution in [0.1, 0.15) is 6.42 Å². The number of aromatic nitrogens is 1. The average Bonchev–Trinajstić information content (AvgIpc) is 2.68. The molecule has 1 saturated heterocycles. The Morgan fingerprint density at radius 3 is 2.65 bits per heavy atom. The number of anilines is 2. The van der Waals surface area contributed by atoms with Crippen molar-refractivity contribution in [2.45, 2.75) is 12.5 Å². The summed E-state index contributed by atoms with van der Waals surface area (Å²) in [5, 5.41) is 7.05. The smallest absolute Gasteiger partial charge is 0.322 e. The molecule has 0 saturated carbocycles. The number of hydrogen-bond acceptors (Lipinski definition) is 5. The Balaban J connectivity index is 1.91. The van der Waals surface area contributed by atoms with Gasteiger partial charge < -0.3 is 15.5 Å². The molecule has 106 valence electrons. The number of carbonyl (C=O) groups excluding carboxylic acids is 3. The highest BCUT2D eigenvalue weighted by Gasteiger charge is 2.31. The predicted octanol–water partition coefficient (Wildman–Crippen LogP) is -0.316. The lowest BCUT2D eigenvalue weighted by Crippen LogP contribution is -2.33. The second kappa shape index (κ2) is 5.55. The van der Waals surface area contributed by atoms with E-state index in [4.69, 9.17) is 0 Å². The second-order valence-electron chi connectivity index (χ2n) is 4.57. The zero-order valence-electron chi connectivity index (χ0n) is 11.1. The van der Waals surface area contributed by atoms with Crippen molar-refractivity contribution >= 4 is 29.4 Å². The number of hydrogen-bond donors (Lipinski definition) is 3. The number of nitrogens with one attached hydrogen (secondary N) is 3. The van der Waals surface area contributed by atoms with Crippen molar-refractivity contribution in [2.24, 2.45) is 0 Å². The van der Waals surface area contributed by atoms with E-state index in [9.17, 15) is 14.4 Å².